The molecule has 4 nitrogen and oxygen atoms in total. The van der Waals surface area contributed by atoms with Gasteiger partial charge in [-0.1, -0.05) is 23.2 Å². The highest BCUT2D eigenvalue weighted by molar-refractivity contribution is 6.35. The Kier molecular flexibility index (Phi) is 4.23. The molecule has 0 saturated carbocycles. The summed E-state index contributed by atoms with van der Waals surface area (Å²) in [4.78, 5) is 8.07. The van der Waals surface area contributed by atoms with Gasteiger partial charge in [-0.15, -0.1) is 0 Å². The maximum atomic E-state index is 6.01. The van der Waals surface area contributed by atoms with Crippen LogP contribution < -0.4 is 10.1 Å². The zero-order chi connectivity index (χ0) is 13.0. The van der Waals surface area contributed by atoms with E-state index >= 15 is 0 Å². The molecular weight excluding hydrogens is 273 g/mol. The molecule has 0 amide bonds. The Morgan fingerprint density at radius 2 is 2.06 bits per heavy atom. The summed E-state index contributed by atoms with van der Waals surface area (Å²) < 4.78 is 5.57. The van der Waals surface area contributed by atoms with Crippen LogP contribution in [0, 0.1) is 0 Å². The maximum Gasteiger partial charge on any atom is 0.224 e. The predicted molar refractivity (Wildman–Crippen MR) is 72.7 cm³/mol. The number of aromatic nitrogens is 2. The fourth-order valence-electron chi connectivity index (χ4n) is 1.34. The van der Waals surface area contributed by atoms with E-state index in [4.69, 9.17) is 27.9 Å². The minimum atomic E-state index is 0.421. The van der Waals surface area contributed by atoms with Gasteiger partial charge in [0.05, 0.1) is 5.02 Å². The number of benzene rings is 1. The predicted octanol–water partition coefficient (Wildman–Crippen LogP) is 4.01. The SMILES string of the molecule is CCNc1cc(Oc2ccc(Cl)cc2Cl)ncn1. The molecule has 0 unspecified atom stereocenters. The van der Waals surface area contributed by atoms with Crippen molar-refractivity contribution in [3.05, 3.63) is 40.6 Å². The molecule has 1 heterocycles. The lowest BCUT2D eigenvalue weighted by atomic mass is 10.3. The summed E-state index contributed by atoms with van der Waals surface area (Å²) in [5, 5.41) is 4.07. The molecule has 1 aromatic carbocycles. The molecule has 0 fully saturated rings. The third kappa shape index (κ3) is 3.24. The molecule has 0 aliphatic carbocycles. The zero-order valence-corrected chi connectivity index (χ0v) is 11.2. The summed E-state index contributed by atoms with van der Waals surface area (Å²) in [6.45, 7) is 2.76. The third-order valence-corrected chi connectivity index (χ3v) is 2.64. The van der Waals surface area contributed by atoms with Crippen LogP contribution in [0.15, 0.2) is 30.6 Å². The molecule has 0 atom stereocenters. The van der Waals surface area contributed by atoms with Crippen molar-refractivity contribution in [2.75, 3.05) is 11.9 Å². The minimum absolute atomic E-state index is 0.421. The van der Waals surface area contributed by atoms with E-state index in [-0.39, 0.29) is 0 Å². The van der Waals surface area contributed by atoms with Crippen molar-refractivity contribution in [2.45, 2.75) is 6.92 Å². The number of halogens is 2. The maximum absolute atomic E-state index is 6.01. The second-order valence-electron chi connectivity index (χ2n) is 3.45. The average Bonchev–Trinajstić information content (AvgIpc) is 2.34. The van der Waals surface area contributed by atoms with Gasteiger partial charge in [-0.2, -0.15) is 0 Å². The molecule has 0 radical (unpaired) electrons. The van der Waals surface area contributed by atoms with Crippen LogP contribution in [0.25, 0.3) is 0 Å². The first-order chi connectivity index (χ1) is 8.69. The molecule has 1 N–H and O–H groups in total. The van der Waals surface area contributed by atoms with Gasteiger partial charge in [0.25, 0.3) is 0 Å². The number of nitrogens with one attached hydrogen (secondary N) is 1. The van der Waals surface area contributed by atoms with E-state index < -0.39 is 0 Å². The van der Waals surface area contributed by atoms with Gasteiger partial charge in [-0.3, -0.25) is 0 Å². The van der Waals surface area contributed by atoms with Gasteiger partial charge in [0.2, 0.25) is 5.88 Å². The van der Waals surface area contributed by atoms with Crippen LogP contribution in [0.4, 0.5) is 5.82 Å². The van der Waals surface area contributed by atoms with Crippen LogP contribution in [0.2, 0.25) is 10.0 Å². The van der Waals surface area contributed by atoms with Crippen LogP contribution in [0.1, 0.15) is 6.92 Å². The Balaban J connectivity index is 2.20. The van der Waals surface area contributed by atoms with Gasteiger partial charge < -0.3 is 10.1 Å². The van der Waals surface area contributed by atoms with Crippen molar-refractivity contribution in [1.82, 2.24) is 9.97 Å². The van der Waals surface area contributed by atoms with Crippen molar-refractivity contribution < 1.29 is 4.74 Å². The molecule has 18 heavy (non-hydrogen) atoms. The molecule has 0 spiro atoms. The van der Waals surface area contributed by atoms with Crippen molar-refractivity contribution in [3.8, 4) is 11.6 Å². The fraction of sp³-hybridized carbons (Fsp3) is 0.167. The summed E-state index contributed by atoms with van der Waals surface area (Å²) in [5.74, 6) is 1.62. The number of nitrogens with zero attached hydrogens (tertiary/aromatic N) is 2. The van der Waals surface area contributed by atoms with E-state index in [0.717, 1.165) is 6.54 Å². The molecule has 0 aliphatic heterocycles. The second-order valence-corrected chi connectivity index (χ2v) is 4.29. The number of ether oxygens (including phenoxy) is 1. The Bertz CT molecular complexity index is 549. The fourth-order valence-corrected chi connectivity index (χ4v) is 1.79. The lowest BCUT2D eigenvalue weighted by Crippen LogP contribution is -2.00. The van der Waals surface area contributed by atoms with Gasteiger partial charge in [-0.25, -0.2) is 9.97 Å². The molecule has 94 valence electrons. The van der Waals surface area contributed by atoms with Gasteiger partial charge >= 0.3 is 0 Å². The topological polar surface area (TPSA) is 47.0 Å². The summed E-state index contributed by atoms with van der Waals surface area (Å²) >= 11 is 11.8. The normalized spacial score (nSPS) is 10.2. The first-order valence-corrected chi connectivity index (χ1v) is 6.13. The lowest BCUT2D eigenvalue weighted by molar-refractivity contribution is 0.462. The molecule has 2 aromatic rings. The summed E-state index contributed by atoms with van der Waals surface area (Å²) in [7, 11) is 0. The smallest absolute Gasteiger partial charge is 0.224 e. The summed E-state index contributed by atoms with van der Waals surface area (Å²) in [6, 6.07) is 6.72. The van der Waals surface area contributed by atoms with Crippen LogP contribution in [0.3, 0.4) is 0 Å². The van der Waals surface area contributed by atoms with E-state index in [9.17, 15) is 0 Å². The molecular formula is C12H11Cl2N3O. The van der Waals surface area contributed by atoms with Crippen molar-refractivity contribution >= 4 is 29.0 Å². The number of anilines is 1. The number of hydrogen-bond acceptors (Lipinski definition) is 4. The Morgan fingerprint density at radius 3 is 2.78 bits per heavy atom. The van der Waals surface area contributed by atoms with E-state index in [2.05, 4.69) is 15.3 Å². The highest BCUT2D eigenvalue weighted by atomic mass is 35.5. The Hall–Kier alpha value is -1.52. The standard InChI is InChI=1S/C12H11Cl2N3O/c1-2-15-11-6-12(17-7-16-11)18-10-4-3-8(13)5-9(10)14/h3-7H,2H2,1H3,(H,15,16,17). The van der Waals surface area contributed by atoms with Crippen molar-refractivity contribution in [2.24, 2.45) is 0 Å². The highest BCUT2D eigenvalue weighted by Crippen LogP contribution is 2.31. The quantitative estimate of drug-likeness (QED) is 0.921. The Labute approximate surface area is 115 Å². The second kappa shape index (κ2) is 5.89. The van der Waals surface area contributed by atoms with Gasteiger partial charge in [0.15, 0.2) is 0 Å². The van der Waals surface area contributed by atoms with Gasteiger partial charge in [-0.05, 0) is 25.1 Å². The lowest BCUT2D eigenvalue weighted by Gasteiger charge is -2.08. The van der Waals surface area contributed by atoms with E-state index in [1.807, 2.05) is 6.92 Å². The molecule has 0 aliphatic rings. The largest absolute Gasteiger partial charge is 0.437 e. The van der Waals surface area contributed by atoms with Crippen LogP contribution in [-0.4, -0.2) is 16.5 Å². The third-order valence-electron chi connectivity index (χ3n) is 2.11. The van der Waals surface area contributed by atoms with Crippen molar-refractivity contribution in [3.63, 3.8) is 0 Å². The van der Waals surface area contributed by atoms with Gasteiger partial charge in [0.1, 0.15) is 17.9 Å². The first kappa shape index (κ1) is 12.9. The Morgan fingerprint density at radius 1 is 1.22 bits per heavy atom. The molecule has 6 heteroatoms. The van der Waals surface area contributed by atoms with Crippen LogP contribution >= 0.6 is 23.2 Å². The average molecular weight is 284 g/mol. The van der Waals surface area contributed by atoms with Crippen molar-refractivity contribution in [1.29, 1.82) is 0 Å². The molecule has 0 bridgehead atoms. The molecule has 1 aromatic heterocycles. The monoisotopic (exact) mass is 283 g/mol. The van der Waals surface area contributed by atoms with Crippen LogP contribution in [0.5, 0.6) is 11.6 Å². The highest BCUT2D eigenvalue weighted by Gasteiger charge is 2.05. The van der Waals surface area contributed by atoms with Crippen LogP contribution in [-0.2, 0) is 0 Å². The van der Waals surface area contributed by atoms with E-state index in [1.54, 1.807) is 24.3 Å². The van der Waals surface area contributed by atoms with E-state index in [0.29, 0.717) is 27.5 Å². The van der Waals surface area contributed by atoms with E-state index in [1.165, 1.54) is 6.33 Å². The summed E-state index contributed by atoms with van der Waals surface area (Å²) in [5.41, 5.74) is 0. The molecule has 0 saturated heterocycles. The number of rotatable bonds is 4. The minimum Gasteiger partial charge on any atom is -0.437 e. The molecule has 2 rings (SSSR count). The number of hydrogen-bond donors (Lipinski definition) is 1. The van der Waals surface area contributed by atoms with Gasteiger partial charge in [0, 0.05) is 17.6 Å². The zero-order valence-electron chi connectivity index (χ0n) is 9.65. The summed E-state index contributed by atoms with van der Waals surface area (Å²) in [6.07, 6.45) is 1.43. The first-order valence-electron chi connectivity index (χ1n) is 5.38.